The smallest absolute Gasteiger partial charge is 0.278 e. The number of anilines is 1. The Balaban J connectivity index is 1.64. The molecule has 4 nitrogen and oxygen atoms in total. The van der Waals surface area contributed by atoms with Crippen molar-refractivity contribution >= 4 is 57.6 Å². The minimum atomic E-state index is -0.336. The quantitative estimate of drug-likeness (QED) is 0.476. The molecule has 4 rings (SSSR count). The first-order valence-corrected chi connectivity index (χ1v) is 11.0. The van der Waals surface area contributed by atoms with Crippen molar-refractivity contribution in [2.24, 2.45) is 0 Å². The van der Waals surface area contributed by atoms with Gasteiger partial charge in [-0.05, 0) is 60.2 Å². The van der Waals surface area contributed by atoms with Crippen molar-refractivity contribution in [3.05, 3.63) is 91.7 Å². The summed E-state index contributed by atoms with van der Waals surface area (Å²) in [7, 11) is 0. The molecule has 0 aliphatic carbocycles. The van der Waals surface area contributed by atoms with Crippen LogP contribution in [0.15, 0.2) is 65.7 Å². The number of hydrogen-bond donors (Lipinski definition) is 1. The van der Waals surface area contributed by atoms with Gasteiger partial charge in [-0.25, -0.2) is 0 Å². The molecule has 3 aromatic rings. The number of imide groups is 1. The van der Waals surface area contributed by atoms with E-state index in [2.05, 4.69) is 5.32 Å². The zero-order valence-corrected chi connectivity index (χ0v) is 18.4. The Morgan fingerprint density at radius 2 is 1.73 bits per heavy atom. The maximum atomic E-state index is 13.2. The average Bonchev–Trinajstić information content (AvgIpc) is 3.33. The van der Waals surface area contributed by atoms with Crippen molar-refractivity contribution in [1.29, 1.82) is 0 Å². The summed E-state index contributed by atoms with van der Waals surface area (Å²) < 4.78 is 0. The highest BCUT2D eigenvalue weighted by molar-refractivity contribution is 7.11. The molecule has 0 atom stereocenters. The molecule has 0 fully saturated rings. The van der Waals surface area contributed by atoms with Gasteiger partial charge >= 0.3 is 0 Å². The second-order valence-electron chi connectivity index (χ2n) is 6.90. The van der Waals surface area contributed by atoms with Crippen molar-refractivity contribution in [2.75, 3.05) is 11.9 Å². The zero-order chi connectivity index (χ0) is 21.3. The molecule has 2 aromatic carbocycles. The monoisotopic (exact) mass is 456 g/mol. The van der Waals surface area contributed by atoms with Crippen molar-refractivity contribution in [3.63, 3.8) is 0 Å². The third-order valence-electron chi connectivity index (χ3n) is 5.00. The lowest BCUT2D eigenvalue weighted by Crippen LogP contribution is -2.34. The third kappa shape index (κ3) is 4.01. The molecule has 1 aliphatic heterocycles. The minimum Gasteiger partial charge on any atom is -0.350 e. The Labute approximate surface area is 188 Å². The van der Waals surface area contributed by atoms with Crippen LogP contribution in [0.1, 0.15) is 16.0 Å². The van der Waals surface area contributed by atoms with E-state index in [-0.39, 0.29) is 24.1 Å². The summed E-state index contributed by atoms with van der Waals surface area (Å²) in [6.07, 6.45) is 0.551. The molecule has 1 aliphatic rings. The Morgan fingerprint density at radius 1 is 0.967 bits per heavy atom. The van der Waals surface area contributed by atoms with Crippen LogP contribution in [0.3, 0.4) is 0 Å². The molecular weight excluding hydrogens is 439 g/mol. The molecule has 152 valence electrons. The van der Waals surface area contributed by atoms with Crippen LogP contribution in [0.4, 0.5) is 5.69 Å². The number of benzene rings is 2. The van der Waals surface area contributed by atoms with Gasteiger partial charge in [-0.3, -0.25) is 14.5 Å². The van der Waals surface area contributed by atoms with Crippen LogP contribution in [0.25, 0.3) is 5.57 Å². The number of nitrogens with zero attached hydrogens (tertiary/aromatic N) is 1. The van der Waals surface area contributed by atoms with Gasteiger partial charge in [0.25, 0.3) is 11.8 Å². The minimum absolute atomic E-state index is 0.281. The van der Waals surface area contributed by atoms with Gasteiger partial charge in [-0.2, -0.15) is 0 Å². The van der Waals surface area contributed by atoms with E-state index in [9.17, 15) is 9.59 Å². The second-order valence-corrected chi connectivity index (χ2v) is 8.69. The summed E-state index contributed by atoms with van der Waals surface area (Å²) in [6.45, 7) is 2.16. The average molecular weight is 457 g/mol. The molecular formula is C23H18Cl2N2O2S. The van der Waals surface area contributed by atoms with Crippen LogP contribution in [-0.4, -0.2) is 23.3 Å². The standard InChI is InChI=1S/C23H18Cl2N2O2S/c1-14-17(25)4-2-5-18(14)26-21-20(19-6-3-13-30-19)22(28)27(23(21)29)12-11-15-7-9-16(24)10-8-15/h2-10,13,26H,11-12H2,1H3. The molecule has 0 saturated heterocycles. The van der Waals surface area contributed by atoms with Gasteiger partial charge in [-0.15, -0.1) is 11.3 Å². The molecule has 2 heterocycles. The van der Waals surface area contributed by atoms with E-state index in [1.807, 2.05) is 48.7 Å². The van der Waals surface area contributed by atoms with Crippen molar-refractivity contribution < 1.29 is 9.59 Å². The molecule has 0 spiro atoms. The maximum absolute atomic E-state index is 13.2. The normalized spacial score (nSPS) is 14.0. The van der Waals surface area contributed by atoms with E-state index in [4.69, 9.17) is 23.2 Å². The summed E-state index contributed by atoms with van der Waals surface area (Å²) in [4.78, 5) is 28.5. The van der Waals surface area contributed by atoms with Crippen molar-refractivity contribution in [2.45, 2.75) is 13.3 Å². The van der Waals surface area contributed by atoms with Crippen LogP contribution in [0, 0.1) is 6.92 Å². The number of nitrogens with one attached hydrogen (secondary N) is 1. The number of hydrogen-bond acceptors (Lipinski definition) is 4. The molecule has 0 radical (unpaired) electrons. The van der Waals surface area contributed by atoms with Crippen LogP contribution in [0.2, 0.25) is 10.0 Å². The fraction of sp³-hybridized carbons (Fsp3) is 0.130. The van der Waals surface area contributed by atoms with Gasteiger partial charge in [0.15, 0.2) is 0 Å². The zero-order valence-electron chi connectivity index (χ0n) is 16.1. The SMILES string of the molecule is Cc1c(Cl)cccc1NC1=C(c2cccs2)C(=O)N(CCc2ccc(Cl)cc2)C1=O. The third-order valence-corrected chi connectivity index (χ3v) is 6.55. The van der Waals surface area contributed by atoms with E-state index in [0.29, 0.717) is 27.7 Å². The summed E-state index contributed by atoms with van der Waals surface area (Å²) in [5.74, 6) is -0.629. The van der Waals surface area contributed by atoms with Crippen LogP contribution < -0.4 is 5.32 Å². The highest BCUT2D eigenvalue weighted by atomic mass is 35.5. The van der Waals surface area contributed by atoms with Gasteiger partial charge < -0.3 is 5.32 Å². The summed E-state index contributed by atoms with van der Waals surface area (Å²) >= 11 is 13.6. The number of carbonyl (C=O) groups is 2. The topological polar surface area (TPSA) is 49.4 Å². The van der Waals surface area contributed by atoms with Crippen LogP contribution in [-0.2, 0) is 16.0 Å². The van der Waals surface area contributed by atoms with Crippen LogP contribution in [0.5, 0.6) is 0 Å². The molecule has 0 bridgehead atoms. The number of rotatable bonds is 6. The molecule has 1 aromatic heterocycles. The van der Waals surface area contributed by atoms with Gasteiger partial charge in [0, 0.05) is 27.2 Å². The van der Waals surface area contributed by atoms with Gasteiger partial charge in [0.05, 0.1) is 5.57 Å². The van der Waals surface area contributed by atoms with E-state index in [0.717, 1.165) is 16.0 Å². The summed E-state index contributed by atoms with van der Waals surface area (Å²) in [5, 5.41) is 6.31. The lowest BCUT2D eigenvalue weighted by Gasteiger charge is -2.16. The predicted molar refractivity (Wildman–Crippen MR) is 123 cm³/mol. The van der Waals surface area contributed by atoms with Gasteiger partial charge in [0.1, 0.15) is 5.70 Å². The lowest BCUT2D eigenvalue weighted by atomic mass is 10.1. The predicted octanol–water partition coefficient (Wildman–Crippen LogP) is 5.80. The maximum Gasteiger partial charge on any atom is 0.278 e. The second kappa shape index (κ2) is 8.64. The molecule has 2 amide bonds. The molecule has 0 saturated carbocycles. The van der Waals surface area contributed by atoms with E-state index >= 15 is 0 Å². The van der Waals surface area contributed by atoms with E-state index in [1.54, 1.807) is 18.2 Å². The Kier molecular flexibility index (Phi) is 5.95. The lowest BCUT2D eigenvalue weighted by molar-refractivity contribution is -0.136. The highest BCUT2D eigenvalue weighted by Crippen LogP contribution is 2.34. The number of halogens is 2. The first-order valence-electron chi connectivity index (χ1n) is 9.36. The molecule has 7 heteroatoms. The highest BCUT2D eigenvalue weighted by Gasteiger charge is 2.39. The van der Waals surface area contributed by atoms with E-state index < -0.39 is 0 Å². The van der Waals surface area contributed by atoms with Crippen molar-refractivity contribution in [1.82, 2.24) is 4.90 Å². The number of carbonyl (C=O) groups excluding carboxylic acids is 2. The summed E-state index contributed by atoms with van der Waals surface area (Å²) in [5.41, 5.74) is 3.20. The molecule has 0 unspecified atom stereocenters. The van der Waals surface area contributed by atoms with Crippen LogP contribution >= 0.6 is 34.5 Å². The largest absolute Gasteiger partial charge is 0.350 e. The molecule has 1 N–H and O–H groups in total. The van der Waals surface area contributed by atoms with Gasteiger partial charge in [0.2, 0.25) is 0 Å². The number of amides is 2. The molecule has 30 heavy (non-hydrogen) atoms. The first kappa shape index (κ1) is 20.7. The van der Waals surface area contributed by atoms with Crippen molar-refractivity contribution in [3.8, 4) is 0 Å². The Bertz CT molecular complexity index is 1140. The first-order chi connectivity index (χ1) is 14.5. The number of thiophene rings is 1. The fourth-order valence-corrected chi connectivity index (χ4v) is 4.38. The summed E-state index contributed by atoms with van der Waals surface area (Å²) in [6, 6.07) is 16.5. The van der Waals surface area contributed by atoms with Gasteiger partial charge in [-0.1, -0.05) is 47.5 Å². The Hall–Kier alpha value is -2.60. The van der Waals surface area contributed by atoms with E-state index in [1.165, 1.54) is 16.2 Å². The fourth-order valence-electron chi connectivity index (χ4n) is 3.31. The Morgan fingerprint density at radius 3 is 2.43 bits per heavy atom.